The Balaban J connectivity index is 1.58. The topological polar surface area (TPSA) is 60.0 Å². The number of piperidine rings is 1. The van der Waals surface area contributed by atoms with Crippen LogP contribution in [0.25, 0.3) is 0 Å². The lowest BCUT2D eigenvalue weighted by atomic mass is 9.87. The summed E-state index contributed by atoms with van der Waals surface area (Å²) in [5.41, 5.74) is 0.394. The molecule has 2 saturated heterocycles. The van der Waals surface area contributed by atoms with Crippen LogP contribution >= 0.6 is 11.6 Å². The third kappa shape index (κ3) is 4.08. The number of ether oxygens (including phenoxy) is 3. The van der Waals surface area contributed by atoms with Gasteiger partial charge in [-0.25, -0.2) is 0 Å². The van der Waals surface area contributed by atoms with Gasteiger partial charge in [-0.3, -0.25) is 9.69 Å². The summed E-state index contributed by atoms with van der Waals surface area (Å²) >= 11 is 6.10. The first-order valence-electron chi connectivity index (χ1n) is 8.59. The number of rotatable bonds is 5. The normalized spacial score (nSPS) is 26.8. The zero-order valence-corrected chi connectivity index (χ0v) is 15.5. The molecule has 1 amide bonds. The number of anilines is 1. The van der Waals surface area contributed by atoms with Crippen LogP contribution in [-0.2, 0) is 14.3 Å². The predicted molar refractivity (Wildman–Crippen MR) is 96.4 cm³/mol. The van der Waals surface area contributed by atoms with Crippen LogP contribution in [0.4, 0.5) is 5.69 Å². The van der Waals surface area contributed by atoms with Crippen LogP contribution in [0.5, 0.6) is 5.75 Å². The third-order valence-corrected chi connectivity index (χ3v) is 5.30. The number of hydrogen-bond donors (Lipinski definition) is 1. The molecule has 0 unspecified atom stereocenters. The second-order valence-corrected chi connectivity index (χ2v) is 7.05. The van der Waals surface area contributed by atoms with Gasteiger partial charge in [0.15, 0.2) is 0 Å². The predicted octanol–water partition coefficient (Wildman–Crippen LogP) is 2.56. The van der Waals surface area contributed by atoms with Gasteiger partial charge in [0.2, 0.25) is 5.91 Å². The second-order valence-electron chi connectivity index (χ2n) is 6.64. The van der Waals surface area contributed by atoms with Crippen molar-refractivity contribution in [3.05, 3.63) is 23.2 Å². The van der Waals surface area contributed by atoms with Gasteiger partial charge < -0.3 is 19.5 Å². The number of amides is 1. The summed E-state index contributed by atoms with van der Waals surface area (Å²) < 4.78 is 16.8. The molecule has 1 spiro atoms. The molecule has 1 N–H and O–H groups in total. The van der Waals surface area contributed by atoms with Crippen LogP contribution < -0.4 is 10.1 Å². The van der Waals surface area contributed by atoms with E-state index in [9.17, 15) is 4.79 Å². The largest absolute Gasteiger partial charge is 0.495 e. The van der Waals surface area contributed by atoms with Gasteiger partial charge in [0, 0.05) is 32.5 Å². The van der Waals surface area contributed by atoms with Crippen molar-refractivity contribution >= 4 is 23.2 Å². The fourth-order valence-electron chi connectivity index (χ4n) is 3.84. The average Bonchev–Trinajstić information content (AvgIpc) is 3.04. The highest BCUT2D eigenvalue weighted by atomic mass is 35.5. The van der Waals surface area contributed by atoms with Crippen molar-refractivity contribution in [2.75, 3.05) is 45.8 Å². The van der Waals surface area contributed by atoms with Crippen molar-refractivity contribution in [1.29, 1.82) is 0 Å². The minimum absolute atomic E-state index is 0.0646. The highest BCUT2D eigenvalue weighted by Crippen LogP contribution is 2.36. The number of nitrogens with zero attached hydrogens (tertiary/aromatic N) is 1. The van der Waals surface area contributed by atoms with E-state index in [0.717, 1.165) is 39.0 Å². The van der Waals surface area contributed by atoms with Crippen molar-refractivity contribution in [2.45, 2.75) is 31.0 Å². The SMILES string of the molecule is COc1ccc(NC(=O)CN2CC[C@H](OC)[C@]3(CCCO3)C2)cc1Cl. The van der Waals surface area contributed by atoms with Gasteiger partial charge in [0.1, 0.15) is 11.4 Å². The monoisotopic (exact) mass is 368 g/mol. The summed E-state index contributed by atoms with van der Waals surface area (Å²) in [5, 5.41) is 3.36. The molecule has 2 aliphatic heterocycles. The number of methoxy groups -OCH3 is 2. The van der Waals surface area contributed by atoms with E-state index >= 15 is 0 Å². The summed E-state index contributed by atoms with van der Waals surface area (Å²) in [7, 11) is 3.30. The first-order chi connectivity index (χ1) is 12.1. The zero-order chi connectivity index (χ0) is 17.9. The van der Waals surface area contributed by atoms with Crippen molar-refractivity contribution in [2.24, 2.45) is 0 Å². The van der Waals surface area contributed by atoms with Gasteiger partial charge in [-0.05, 0) is 37.5 Å². The minimum atomic E-state index is -0.267. The summed E-state index contributed by atoms with van der Waals surface area (Å²) in [5.74, 6) is 0.520. The Bertz CT molecular complexity index is 619. The molecule has 0 aromatic heterocycles. The summed E-state index contributed by atoms with van der Waals surface area (Å²) in [6.45, 7) is 2.64. The lowest BCUT2D eigenvalue weighted by Gasteiger charge is -2.44. The number of carbonyl (C=O) groups is 1. The molecule has 1 aromatic rings. The van der Waals surface area contributed by atoms with E-state index in [-0.39, 0.29) is 17.6 Å². The fraction of sp³-hybridized carbons (Fsp3) is 0.611. The van der Waals surface area contributed by atoms with Gasteiger partial charge in [-0.1, -0.05) is 11.6 Å². The molecule has 7 heteroatoms. The van der Waals surface area contributed by atoms with Crippen LogP contribution in [0.3, 0.4) is 0 Å². The number of hydrogen-bond acceptors (Lipinski definition) is 5. The highest BCUT2D eigenvalue weighted by molar-refractivity contribution is 6.32. The number of carbonyl (C=O) groups excluding carboxylic acids is 1. The molecule has 0 aliphatic carbocycles. The molecule has 25 heavy (non-hydrogen) atoms. The molecule has 2 heterocycles. The van der Waals surface area contributed by atoms with Gasteiger partial charge >= 0.3 is 0 Å². The van der Waals surface area contributed by atoms with E-state index in [1.807, 2.05) is 0 Å². The number of nitrogens with one attached hydrogen (secondary N) is 1. The molecule has 0 saturated carbocycles. The van der Waals surface area contributed by atoms with E-state index in [1.165, 1.54) is 0 Å². The smallest absolute Gasteiger partial charge is 0.238 e. The first-order valence-corrected chi connectivity index (χ1v) is 8.96. The van der Waals surface area contributed by atoms with Crippen molar-refractivity contribution in [1.82, 2.24) is 4.90 Å². The Kier molecular flexibility index (Phi) is 5.84. The van der Waals surface area contributed by atoms with Gasteiger partial charge in [0.25, 0.3) is 0 Å². The second kappa shape index (κ2) is 7.91. The maximum Gasteiger partial charge on any atom is 0.238 e. The molecular weight excluding hydrogens is 344 g/mol. The molecule has 2 atom stereocenters. The van der Waals surface area contributed by atoms with Crippen LogP contribution in [0.2, 0.25) is 5.02 Å². The van der Waals surface area contributed by atoms with E-state index in [2.05, 4.69) is 10.2 Å². The van der Waals surface area contributed by atoms with E-state index in [0.29, 0.717) is 23.0 Å². The maximum atomic E-state index is 12.4. The molecule has 2 aliphatic rings. The number of halogens is 1. The third-order valence-electron chi connectivity index (χ3n) is 5.01. The van der Waals surface area contributed by atoms with E-state index in [4.69, 9.17) is 25.8 Å². The Hall–Kier alpha value is -1.34. The summed E-state index contributed by atoms with van der Waals surface area (Å²) in [6, 6.07) is 5.21. The van der Waals surface area contributed by atoms with Crippen LogP contribution in [-0.4, -0.2) is 63.0 Å². The number of likely N-dealkylation sites (tertiary alicyclic amines) is 1. The maximum absolute atomic E-state index is 12.4. The van der Waals surface area contributed by atoms with Crippen molar-refractivity contribution < 1.29 is 19.0 Å². The van der Waals surface area contributed by atoms with E-state index < -0.39 is 0 Å². The van der Waals surface area contributed by atoms with E-state index in [1.54, 1.807) is 32.4 Å². The molecule has 6 nitrogen and oxygen atoms in total. The van der Waals surface area contributed by atoms with Gasteiger partial charge in [0.05, 0.1) is 24.8 Å². The Morgan fingerprint density at radius 3 is 2.96 bits per heavy atom. The van der Waals surface area contributed by atoms with Crippen molar-refractivity contribution in [3.8, 4) is 5.75 Å². The fourth-order valence-corrected chi connectivity index (χ4v) is 4.09. The standard InChI is InChI=1S/C18H25ClN2O4/c1-23-15-5-4-13(10-14(15)19)20-17(22)11-21-8-6-16(24-2)18(12-21)7-3-9-25-18/h4-5,10,16H,3,6-9,11-12H2,1-2H3,(H,20,22)/t16-,18-/m0/s1. The average molecular weight is 369 g/mol. The minimum Gasteiger partial charge on any atom is -0.495 e. The molecule has 3 rings (SSSR count). The molecular formula is C18H25ClN2O4. The van der Waals surface area contributed by atoms with Crippen molar-refractivity contribution in [3.63, 3.8) is 0 Å². The quantitative estimate of drug-likeness (QED) is 0.865. The number of benzene rings is 1. The lowest BCUT2D eigenvalue weighted by molar-refractivity contribution is -0.146. The summed E-state index contributed by atoms with van der Waals surface area (Å²) in [4.78, 5) is 14.5. The molecule has 1 aromatic carbocycles. The molecule has 0 radical (unpaired) electrons. The van der Waals surface area contributed by atoms with Crippen LogP contribution in [0, 0.1) is 0 Å². The Morgan fingerprint density at radius 1 is 1.48 bits per heavy atom. The molecule has 0 bridgehead atoms. The lowest BCUT2D eigenvalue weighted by Crippen LogP contribution is -2.58. The first kappa shape index (κ1) is 18.5. The Labute approximate surface area is 153 Å². The summed E-state index contributed by atoms with van der Waals surface area (Å²) in [6.07, 6.45) is 3.01. The zero-order valence-electron chi connectivity index (χ0n) is 14.7. The van der Waals surface area contributed by atoms with Crippen LogP contribution in [0.1, 0.15) is 19.3 Å². The highest BCUT2D eigenvalue weighted by Gasteiger charge is 2.47. The van der Waals surface area contributed by atoms with Gasteiger partial charge in [-0.2, -0.15) is 0 Å². The molecule has 2 fully saturated rings. The molecule has 138 valence electrons. The van der Waals surface area contributed by atoms with Gasteiger partial charge in [-0.15, -0.1) is 0 Å². The Morgan fingerprint density at radius 2 is 2.32 bits per heavy atom. The van der Waals surface area contributed by atoms with Crippen LogP contribution in [0.15, 0.2) is 18.2 Å².